The highest BCUT2D eigenvalue weighted by molar-refractivity contribution is 5.02. The Kier molecular flexibility index (Phi) is 4.60. The molecule has 0 amide bonds. The molecule has 1 saturated carbocycles. The van der Waals surface area contributed by atoms with Gasteiger partial charge in [0.25, 0.3) is 0 Å². The zero-order valence-corrected chi connectivity index (χ0v) is 15.3. The molecular weight excluding hydrogens is 318 g/mol. The number of aromatic nitrogens is 3. The van der Waals surface area contributed by atoms with Gasteiger partial charge >= 0.3 is 0 Å². The van der Waals surface area contributed by atoms with E-state index >= 15 is 0 Å². The van der Waals surface area contributed by atoms with Crippen LogP contribution in [0.4, 0.5) is 0 Å². The smallest absolute Gasteiger partial charge is 0.229 e. The Morgan fingerprint density at radius 1 is 1.32 bits per heavy atom. The minimum atomic E-state index is 0.379. The summed E-state index contributed by atoms with van der Waals surface area (Å²) in [4.78, 5) is 13.7. The van der Waals surface area contributed by atoms with Gasteiger partial charge in [0, 0.05) is 31.0 Å². The number of oxazole rings is 1. The predicted molar refractivity (Wildman–Crippen MR) is 92.0 cm³/mol. The maximum atomic E-state index is 5.83. The van der Waals surface area contributed by atoms with Gasteiger partial charge in [-0.2, -0.15) is 4.98 Å². The van der Waals surface area contributed by atoms with Crippen LogP contribution in [-0.4, -0.2) is 51.1 Å². The summed E-state index contributed by atoms with van der Waals surface area (Å²) >= 11 is 0. The molecule has 1 aliphatic carbocycles. The fraction of sp³-hybridized carbons (Fsp3) is 0.722. The number of likely N-dealkylation sites (N-methyl/N-ethyl adjacent to an activating group) is 1. The van der Waals surface area contributed by atoms with Crippen LogP contribution in [0.25, 0.3) is 0 Å². The second kappa shape index (κ2) is 6.88. The van der Waals surface area contributed by atoms with E-state index in [-0.39, 0.29) is 0 Å². The zero-order chi connectivity index (χ0) is 17.4. The lowest BCUT2D eigenvalue weighted by molar-refractivity contribution is 0.202. The van der Waals surface area contributed by atoms with E-state index in [0.29, 0.717) is 17.9 Å². The monoisotopic (exact) mass is 345 g/mol. The first kappa shape index (κ1) is 16.7. The summed E-state index contributed by atoms with van der Waals surface area (Å²) in [6, 6.07) is 0.504. The molecule has 0 spiro atoms. The fourth-order valence-corrected chi connectivity index (χ4v) is 3.35. The van der Waals surface area contributed by atoms with E-state index in [1.807, 2.05) is 6.20 Å². The molecule has 7 heteroatoms. The second-order valence-corrected chi connectivity index (χ2v) is 7.73. The number of rotatable bonds is 7. The van der Waals surface area contributed by atoms with Gasteiger partial charge in [-0.25, -0.2) is 4.98 Å². The van der Waals surface area contributed by atoms with E-state index in [0.717, 1.165) is 56.0 Å². The topological polar surface area (TPSA) is 71.4 Å². The van der Waals surface area contributed by atoms with Crippen molar-refractivity contribution in [3.63, 3.8) is 0 Å². The Labute approximate surface area is 148 Å². The van der Waals surface area contributed by atoms with Crippen molar-refractivity contribution in [3.8, 4) is 0 Å². The molecule has 0 unspecified atom stereocenters. The zero-order valence-electron chi connectivity index (χ0n) is 15.3. The molecule has 0 aromatic carbocycles. The minimum absolute atomic E-state index is 0.379. The van der Waals surface area contributed by atoms with Gasteiger partial charge in [-0.1, -0.05) is 19.0 Å². The third-order valence-corrected chi connectivity index (χ3v) is 5.17. The Bertz CT molecular complexity index is 706. The van der Waals surface area contributed by atoms with Crippen LogP contribution in [0.1, 0.15) is 68.3 Å². The van der Waals surface area contributed by atoms with Crippen molar-refractivity contribution in [2.24, 2.45) is 0 Å². The summed E-state index contributed by atoms with van der Waals surface area (Å²) in [5, 5.41) is 4.13. The van der Waals surface area contributed by atoms with Crippen LogP contribution in [0.3, 0.4) is 0 Å². The van der Waals surface area contributed by atoms with Gasteiger partial charge in [0.1, 0.15) is 5.76 Å². The van der Waals surface area contributed by atoms with Crippen LogP contribution in [0.15, 0.2) is 15.1 Å². The SMILES string of the molecule is CC(C)c1cnc(CN(C)[C@H]2CCN(Cc3noc(C4CC4)n3)C2)o1. The van der Waals surface area contributed by atoms with Crippen molar-refractivity contribution >= 4 is 0 Å². The molecule has 25 heavy (non-hydrogen) atoms. The maximum Gasteiger partial charge on any atom is 0.229 e. The highest BCUT2D eigenvalue weighted by Gasteiger charge is 2.31. The predicted octanol–water partition coefficient (Wildman–Crippen LogP) is 2.76. The van der Waals surface area contributed by atoms with E-state index in [1.165, 1.54) is 12.8 Å². The molecule has 2 aliphatic rings. The van der Waals surface area contributed by atoms with Crippen molar-refractivity contribution in [1.29, 1.82) is 0 Å². The van der Waals surface area contributed by atoms with Gasteiger partial charge in [-0.15, -0.1) is 0 Å². The van der Waals surface area contributed by atoms with E-state index in [9.17, 15) is 0 Å². The van der Waals surface area contributed by atoms with Crippen LogP contribution >= 0.6 is 0 Å². The van der Waals surface area contributed by atoms with Crippen LogP contribution in [-0.2, 0) is 13.1 Å². The van der Waals surface area contributed by atoms with Crippen LogP contribution in [0.5, 0.6) is 0 Å². The van der Waals surface area contributed by atoms with Crippen molar-refractivity contribution in [1.82, 2.24) is 24.9 Å². The molecule has 2 fully saturated rings. The molecule has 1 aliphatic heterocycles. The first-order chi connectivity index (χ1) is 12.1. The summed E-state index contributed by atoms with van der Waals surface area (Å²) in [5.41, 5.74) is 0. The third-order valence-electron chi connectivity index (χ3n) is 5.17. The van der Waals surface area contributed by atoms with Gasteiger partial charge in [-0.3, -0.25) is 9.80 Å². The molecular formula is C18H27N5O2. The standard InChI is InChI=1S/C18H27N5O2/c1-12(2)15-8-19-17(24-15)11-22(3)14-6-7-23(9-14)10-16-20-18(25-21-16)13-4-5-13/h8,12-14H,4-7,9-11H2,1-3H3/t14-/m0/s1. The maximum absolute atomic E-state index is 5.83. The Hall–Kier alpha value is -1.73. The average molecular weight is 345 g/mol. The molecule has 3 heterocycles. The molecule has 0 bridgehead atoms. The number of hydrogen-bond acceptors (Lipinski definition) is 7. The van der Waals surface area contributed by atoms with Crippen LogP contribution in [0.2, 0.25) is 0 Å². The fourth-order valence-electron chi connectivity index (χ4n) is 3.35. The summed E-state index contributed by atoms with van der Waals surface area (Å²) in [5.74, 6) is 4.31. The molecule has 1 atom stereocenters. The van der Waals surface area contributed by atoms with Crippen LogP contribution in [0, 0.1) is 0 Å². The highest BCUT2D eigenvalue weighted by Crippen LogP contribution is 2.38. The van der Waals surface area contributed by atoms with Crippen LogP contribution < -0.4 is 0 Å². The van der Waals surface area contributed by atoms with Crippen molar-refractivity contribution in [2.75, 3.05) is 20.1 Å². The summed E-state index contributed by atoms with van der Waals surface area (Å²) in [6.45, 7) is 7.84. The van der Waals surface area contributed by atoms with Gasteiger partial charge < -0.3 is 8.94 Å². The quantitative estimate of drug-likeness (QED) is 0.764. The lowest BCUT2D eigenvalue weighted by Crippen LogP contribution is -2.34. The van der Waals surface area contributed by atoms with Crippen molar-refractivity contribution in [2.45, 2.75) is 64.1 Å². The molecule has 1 saturated heterocycles. The van der Waals surface area contributed by atoms with Gasteiger partial charge in [0.15, 0.2) is 5.82 Å². The Balaban J connectivity index is 1.28. The average Bonchev–Trinajstić information content (AvgIpc) is 3.01. The normalized spacial score (nSPS) is 21.7. The van der Waals surface area contributed by atoms with Crippen molar-refractivity contribution in [3.05, 3.63) is 29.6 Å². The Morgan fingerprint density at radius 2 is 2.16 bits per heavy atom. The van der Waals surface area contributed by atoms with E-state index in [2.05, 4.69) is 45.8 Å². The molecule has 7 nitrogen and oxygen atoms in total. The molecule has 136 valence electrons. The lowest BCUT2D eigenvalue weighted by Gasteiger charge is -2.23. The first-order valence-corrected chi connectivity index (χ1v) is 9.28. The number of nitrogens with zero attached hydrogens (tertiary/aromatic N) is 5. The highest BCUT2D eigenvalue weighted by atomic mass is 16.5. The van der Waals surface area contributed by atoms with Gasteiger partial charge in [0.05, 0.1) is 19.3 Å². The van der Waals surface area contributed by atoms with Gasteiger partial charge in [0.2, 0.25) is 11.8 Å². The van der Waals surface area contributed by atoms with E-state index in [4.69, 9.17) is 8.94 Å². The van der Waals surface area contributed by atoms with Gasteiger partial charge in [-0.05, 0) is 26.3 Å². The molecule has 0 N–H and O–H groups in total. The first-order valence-electron chi connectivity index (χ1n) is 9.28. The molecule has 2 aromatic rings. The minimum Gasteiger partial charge on any atom is -0.444 e. The largest absolute Gasteiger partial charge is 0.444 e. The third kappa shape index (κ3) is 3.93. The second-order valence-electron chi connectivity index (χ2n) is 7.73. The molecule has 4 rings (SSSR count). The van der Waals surface area contributed by atoms with Crippen molar-refractivity contribution < 1.29 is 8.94 Å². The molecule has 0 radical (unpaired) electrons. The summed E-state index contributed by atoms with van der Waals surface area (Å²) in [7, 11) is 2.15. The summed E-state index contributed by atoms with van der Waals surface area (Å²) in [6.07, 6.45) is 5.37. The number of likely N-dealkylation sites (tertiary alicyclic amines) is 1. The lowest BCUT2D eigenvalue weighted by atomic mass is 10.2. The van der Waals surface area contributed by atoms with E-state index < -0.39 is 0 Å². The number of hydrogen-bond donors (Lipinski definition) is 0. The summed E-state index contributed by atoms with van der Waals surface area (Å²) < 4.78 is 11.2. The Morgan fingerprint density at radius 3 is 2.88 bits per heavy atom. The van der Waals surface area contributed by atoms with E-state index in [1.54, 1.807) is 0 Å². The molecule has 2 aromatic heterocycles.